The van der Waals surface area contributed by atoms with Crippen LogP contribution in [0.2, 0.25) is 5.02 Å². The number of hydrogen-bond donors (Lipinski definition) is 2. The Labute approximate surface area is 129 Å². The first kappa shape index (κ1) is 14.5. The molecule has 7 heteroatoms. The van der Waals surface area contributed by atoms with Gasteiger partial charge in [-0.3, -0.25) is 10.0 Å². The van der Waals surface area contributed by atoms with Crippen molar-refractivity contribution in [2.24, 2.45) is 0 Å². The van der Waals surface area contributed by atoms with Gasteiger partial charge in [0.2, 0.25) is 0 Å². The fourth-order valence-corrected chi connectivity index (χ4v) is 2.55. The minimum absolute atomic E-state index is 0.0420. The van der Waals surface area contributed by atoms with Crippen molar-refractivity contribution in [1.29, 1.82) is 0 Å². The van der Waals surface area contributed by atoms with Gasteiger partial charge < -0.3 is 4.57 Å². The molecule has 0 aliphatic carbocycles. The van der Waals surface area contributed by atoms with Crippen molar-refractivity contribution >= 4 is 28.4 Å². The molecule has 1 amide bonds. The smallest absolute Gasteiger partial charge is 0.295 e. The number of carbonyl (C=O) groups is 1. The molecule has 0 radical (unpaired) electrons. The number of hydrogen-bond acceptors (Lipinski definition) is 3. The van der Waals surface area contributed by atoms with Crippen LogP contribution in [0.15, 0.2) is 42.7 Å². The number of fused-ring (bicyclic) bond motifs is 1. The Balaban J connectivity index is 2.12. The molecule has 0 aliphatic heterocycles. The molecule has 2 aromatic heterocycles. The molecule has 5 nitrogen and oxygen atoms in total. The average Bonchev–Trinajstić information content (AvgIpc) is 2.94. The van der Waals surface area contributed by atoms with Crippen LogP contribution in [0, 0.1) is 5.82 Å². The molecule has 1 aromatic carbocycles. The molecule has 112 valence electrons. The zero-order valence-corrected chi connectivity index (χ0v) is 12.0. The Morgan fingerprint density at radius 1 is 1.36 bits per heavy atom. The second kappa shape index (κ2) is 5.75. The lowest BCUT2D eigenvalue weighted by atomic mass is 10.2. The number of nitrogens with one attached hydrogen (secondary N) is 1. The molecule has 0 saturated carbocycles. The zero-order chi connectivity index (χ0) is 15.7. The van der Waals surface area contributed by atoms with E-state index in [4.69, 9.17) is 16.8 Å². The first-order chi connectivity index (χ1) is 10.6. The van der Waals surface area contributed by atoms with Gasteiger partial charge >= 0.3 is 0 Å². The van der Waals surface area contributed by atoms with E-state index in [9.17, 15) is 9.18 Å². The van der Waals surface area contributed by atoms with Gasteiger partial charge in [-0.15, -0.1) is 0 Å². The predicted molar refractivity (Wildman–Crippen MR) is 79.5 cm³/mol. The predicted octanol–water partition coefficient (Wildman–Crippen LogP) is 3.00. The van der Waals surface area contributed by atoms with Gasteiger partial charge in [0, 0.05) is 23.3 Å². The Morgan fingerprint density at radius 3 is 2.95 bits per heavy atom. The van der Waals surface area contributed by atoms with Crippen LogP contribution in [0.5, 0.6) is 0 Å². The normalized spacial score (nSPS) is 10.9. The molecule has 0 bridgehead atoms. The summed E-state index contributed by atoms with van der Waals surface area (Å²) in [4.78, 5) is 15.7. The summed E-state index contributed by atoms with van der Waals surface area (Å²) in [5.74, 6) is -1.22. The fraction of sp³-hybridized carbons (Fsp3) is 0.0667. The third kappa shape index (κ3) is 2.43. The van der Waals surface area contributed by atoms with E-state index in [-0.39, 0.29) is 17.3 Å². The number of hydroxylamine groups is 1. The number of nitrogens with zero attached hydrogens (tertiary/aromatic N) is 2. The highest BCUT2D eigenvalue weighted by Gasteiger charge is 2.16. The average molecular weight is 320 g/mol. The lowest BCUT2D eigenvalue weighted by molar-refractivity contribution is 0.0702. The molecule has 2 N–H and O–H groups in total. The van der Waals surface area contributed by atoms with Gasteiger partial charge in [0.05, 0.1) is 17.1 Å². The third-order valence-electron chi connectivity index (χ3n) is 3.37. The zero-order valence-electron chi connectivity index (χ0n) is 11.3. The van der Waals surface area contributed by atoms with E-state index in [0.29, 0.717) is 11.1 Å². The highest BCUT2D eigenvalue weighted by atomic mass is 35.5. The van der Waals surface area contributed by atoms with E-state index in [1.54, 1.807) is 40.5 Å². The van der Waals surface area contributed by atoms with E-state index in [0.717, 1.165) is 5.39 Å². The van der Waals surface area contributed by atoms with Gasteiger partial charge in [-0.2, -0.15) is 0 Å². The summed E-state index contributed by atoms with van der Waals surface area (Å²) < 4.78 is 15.7. The SMILES string of the molecule is O=C(NO)c1nccc2ccn(Cc3cccc(Cl)c3F)c12. The van der Waals surface area contributed by atoms with E-state index in [1.165, 1.54) is 12.3 Å². The second-order valence-electron chi connectivity index (χ2n) is 4.69. The Bertz CT molecular complexity index is 863. The maximum absolute atomic E-state index is 14.0. The first-order valence-electron chi connectivity index (χ1n) is 6.43. The van der Waals surface area contributed by atoms with Crippen LogP contribution in [0.1, 0.15) is 16.1 Å². The summed E-state index contributed by atoms with van der Waals surface area (Å²) in [6.07, 6.45) is 3.19. The van der Waals surface area contributed by atoms with Crippen molar-refractivity contribution < 1.29 is 14.4 Å². The Kier molecular flexibility index (Phi) is 3.79. The van der Waals surface area contributed by atoms with E-state index in [1.807, 2.05) is 0 Å². The number of benzene rings is 1. The number of rotatable bonds is 3. The van der Waals surface area contributed by atoms with E-state index >= 15 is 0 Å². The van der Waals surface area contributed by atoms with Gasteiger partial charge in [0.15, 0.2) is 5.69 Å². The molecule has 0 aliphatic rings. The maximum atomic E-state index is 14.0. The van der Waals surface area contributed by atoms with Crippen molar-refractivity contribution in [1.82, 2.24) is 15.0 Å². The molecule has 0 saturated heterocycles. The Morgan fingerprint density at radius 2 is 2.18 bits per heavy atom. The van der Waals surface area contributed by atoms with Gasteiger partial charge in [-0.25, -0.2) is 14.9 Å². The van der Waals surface area contributed by atoms with Gasteiger partial charge in [0.25, 0.3) is 5.91 Å². The summed E-state index contributed by atoms with van der Waals surface area (Å²) in [6, 6.07) is 8.27. The van der Waals surface area contributed by atoms with Crippen LogP contribution in [0.4, 0.5) is 4.39 Å². The van der Waals surface area contributed by atoms with E-state index in [2.05, 4.69) is 4.98 Å². The van der Waals surface area contributed by atoms with Crippen LogP contribution in [-0.4, -0.2) is 20.7 Å². The molecule has 22 heavy (non-hydrogen) atoms. The van der Waals surface area contributed by atoms with Gasteiger partial charge in [0.1, 0.15) is 5.82 Å². The molecule has 0 unspecified atom stereocenters. The number of aromatic nitrogens is 2. The second-order valence-corrected chi connectivity index (χ2v) is 5.10. The summed E-state index contributed by atoms with van der Waals surface area (Å²) in [7, 11) is 0. The quantitative estimate of drug-likeness (QED) is 0.576. The van der Waals surface area contributed by atoms with Crippen LogP contribution in [0.3, 0.4) is 0 Å². The number of halogens is 2. The molecule has 0 atom stereocenters. The van der Waals surface area contributed by atoms with Crippen molar-refractivity contribution in [3.8, 4) is 0 Å². The van der Waals surface area contributed by atoms with Crippen LogP contribution >= 0.6 is 11.6 Å². The molecule has 0 fully saturated rings. The van der Waals surface area contributed by atoms with Crippen molar-refractivity contribution in [2.75, 3.05) is 0 Å². The van der Waals surface area contributed by atoms with Crippen LogP contribution in [-0.2, 0) is 6.54 Å². The van der Waals surface area contributed by atoms with Crippen LogP contribution in [0.25, 0.3) is 10.9 Å². The number of carbonyl (C=O) groups excluding carboxylic acids is 1. The molecule has 0 spiro atoms. The van der Waals surface area contributed by atoms with Crippen molar-refractivity contribution in [3.05, 3.63) is 64.8 Å². The number of pyridine rings is 1. The third-order valence-corrected chi connectivity index (χ3v) is 3.66. The number of amides is 1. The summed E-state index contributed by atoms with van der Waals surface area (Å²) >= 11 is 5.78. The minimum Gasteiger partial charge on any atom is -0.341 e. The first-order valence-corrected chi connectivity index (χ1v) is 6.81. The fourth-order valence-electron chi connectivity index (χ4n) is 2.36. The molecular weight excluding hydrogens is 309 g/mol. The van der Waals surface area contributed by atoms with Gasteiger partial charge in [-0.1, -0.05) is 23.7 Å². The highest BCUT2D eigenvalue weighted by Crippen LogP contribution is 2.23. The molecule has 3 rings (SSSR count). The summed E-state index contributed by atoms with van der Waals surface area (Å²) in [5, 5.41) is 9.62. The van der Waals surface area contributed by atoms with Crippen molar-refractivity contribution in [3.63, 3.8) is 0 Å². The maximum Gasteiger partial charge on any atom is 0.295 e. The highest BCUT2D eigenvalue weighted by molar-refractivity contribution is 6.30. The summed E-state index contributed by atoms with van der Waals surface area (Å²) in [6.45, 7) is 0.188. The minimum atomic E-state index is -0.725. The van der Waals surface area contributed by atoms with Crippen molar-refractivity contribution in [2.45, 2.75) is 6.54 Å². The van der Waals surface area contributed by atoms with Gasteiger partial charge in [-0.05, 0) is 18.2 Å². The largest absolute Gasteiger partial charge is 0.341 e. The lowest BCUT2D eigenvalue weighted by Gasteiger charge is -2.09. The lowest BCUT2D eigenvalue weighted by Crippen LogP contribution is -2.21. The molecular formula is C15H11ClFN3O2. The monoisotopic (exact) mass is 319 g/mol. The Hall–Kier alpha value is -2.44. The van der Waals surface area contributed by atoms with E-state index < -0.39 is 11.7 Å². The van der Waals surface area contributed by atoms with Crippen LogP contribution < -0.4 is 5.48 Å². The molecule has 3 aromatic rings. The molecule has 2 heterocycles. The standard InChI is InChI=1S/C15H11ClFN3O2/c16-11-3-1-2-10(12(11)17)8-20-7-5-9-4-6-18-13(14(9)20)15(21)19-22/h1-7,22H,8H2,(H,19,21). The summed E-state index contributed by atoms with van der Waals surface area (Å²) in [5.41, 5.74) is 2.53. The topological polar surface area (TPSA) is 67.2 Å².